The lowest BCUT2D eigenvalue weighted by molar-refractivity contribution is -0.384. The van der Waals surface area contributed by atoms with Crippen LogP contribution in [-0.2, 0) is 0 Å². The van der Waals surface area contributed by atoms with Crippen molar-refractivity contribution in [3.8, 4) is 0 Å². The van der Waals surface area contributed by atoms with Gasteiger partial charge in [0.25, 0.3) is 0 Å². The number of rotatable bonds is 4. The maximum absolute atomic E-state index is 11.2. The number of anilines is 1. The average molecular weight is 315 g/mol. The highest BCUT2D eigenvalue weighted by Gasteiger charge is 2.30. The van der Waals surface area contributed by atoms with Crippen molar-refractivity contribution in [3.63, 3.8) is 0 Å². The second-order valence-electron chi connectivity index (χ2n) is 5.40. The fraction of sp³-hybridized carbons (Fsp3) is 0.615. The molecule has 7 nitrogen and oxygen atoms in total. The quantitative estimate of drug-likeness (QED) is 0.670. The number of nitro groups is 1. The molecule has 2 unspecified atom stereocenters. The Balaban J connectivity index is 2.18. The number of β-amino-alcohol motifs (C(OH)–C–C–N with tert-alkyl or cyclic N) is 1. The van der Waals surface area contributed by atoms with Crippen LogP contribution in [0.15, 0.2) is 12.3 Å². The molecule has 2 atom stereocenters. The molecule has 1 aliphatic heterocycles. The number of hydrogen-bond donors (Lipinski definition) is 1. The zero-order chi connectivity index (χ0) is 15.6. The van der Waals surface area contributed by atoms with Crippen molar-refractivity contribution in [1.29, 1.82) is 0 Å². The molecule has 0 aliphatic carbocycles. The van der Waals surface area contributed by atoms with Crippen molar-refractivity contribution in [2.75, 3.05) is 31.1 Å². The lowest BCUT2D eigenvalue weighted by atomic mass is 10.1. The Labute approximate surface area is 128 Å². The number of piperazine rings is 1. The molecule has 2 rings (SSSR count). The molecular weight excluding hydrogens is 296 g/mol. The molecule has 1 aromatic heterocycles. The minimum Gasteiger partial charge on any atom is -0.392 e. The maximum atomic E-state index is 11.2. The number of aliphatic hydroxyl groups excluding tert-OH is 1. The van der Waals surface area contributed by atoms with Crippen molar-refractivity contribution in [1.82, 2.24) is 9.88 Å². The summed E-state index contributed by atoms with van der Waals surface area (Å²) in [6.07, 6.45) is 1.05. The third-order valence-corrected chi connectivity index (χ3v) is 3.72. The predicted molar refractivity (Wildman–Crippen MR) is 80.8 cm³/mol. The van der Waals surface area contributed by atoms with Gasteiger partial charge in [-0.05, 0) is 13.8 Å². The number of aliphatic hydroxyl groups is 1. The molecule has 0 aromatic carbocycles. The lowest BCUT2D eigenvalue weighted by Gasteiger charge is -2.40. The van der Waals surface area contributed by atoms with Crippen LogP contribution in [0.3, 0.4) is 0 Å². The summed E-state index contributed by atoms with van der Waals surface area (Å²) in [4.78, 5) is 18.9. The fourth-order valence-electron chi connectivity index (χ4n) is 2.66. The summed E-state index contributed by atoms with van der Waals surface area (Å²) in [6, 6.07) is 1.41. The Hall–Kier alpha value is -1.44. The molecule has 1 saturated heterocycles. The van der Waals surface area contributed by atoms with E-state index in [0.717, 1.165) is 13.1 Å². The molecule has 1 aliphatic rings. The average Bonchev–Trinajstić information content (AvgIpc) is 2.38. The Morgan fingerprint density at radius 2 is 2.33 bits per heavy atom. The highest BCUT2D eigenvalue weighted by atomic mass is 35.5. The van der Waals surface area contributed by atoms with Crippen LogP contribution in [0.25, 0.3) is 0 Å². The second kappa shape index (κ2) is 6.55. The Kier molecular flexibility index (Phi) is 4.97. The number of nitrogens with zero attached hydrogens (tertiary/aromatic N) is 4. The van der Waals surface area contributed by atoms with Gasteiger partial charge in [-0.2, -0.15) is 0 Å². The van der Waals surface area contributed by atoms with Gasteiger partial charge in [0.15, 0.2) is 0 Å². The molecule has 0 spiro atoms. The van der Waals surface area contributed by atoms with E-state index < -0.39 is 4.92 Å². The predicted octanol–water partition coefficient (Wildman–Crippen LogP) is 1.53. The largest absolute Gasteiger partial charge is 0.392 e. The smallest absolute Gasteiger partial charge is 0.313 e. The second-order valence-corrected chi connectivity index (χ2v) is 5.84. The van der Waals surface area contributed by atoms with Gasteiger partial charge >= 0.3 is 5.69 Å². The van der Waals surface area contributed by atoms with E-state index in [1.165, 1.54) is 12.3 Å². The summed E-state index contributed by atoms with van der Waals surface area (Å²) < 4.78 is 0. The van der Waals surface area contributed by atoms with Crippen LogP contribution in [0.4, 0.5) is 11.5 Å². The molecular formula is C13H19ClN4O3. The van der Waals surface area contributed by atoms with Gasteiger partial charge in [-0.3, -0.25) is 15.0 Å². The maximum Gasteiger partial charge on any atom is 0.313 e. The molecule has 21 heavy (non-hydrogen) atoms. The van der Waals surface area contributed by atoms with Crippen molar-refractivity contribution < 1.29 is 10.0 Å². The monoisotopic (exact) mass is 314 g/mol. The minimum atomic E-state index is -0.455. The highest BCUT2D eigenvalue weighted by molar-refractivity contribution is 6.30. The number of halogens is 1. The van der Waals surface area contributed by atoms with E-state index in [1.54, 1.807) is 6.92 Å². The zero-order valence-electron chi connectivity index (χ0n) is 12.1. The van der Waals surface area contributed by atoms with Crippen LogP contribution in [0.1, 0.15) is 13.8 Å². The molecule has 0 bridgehead atoms. The van der Waals surface area contributed by atoms with E-state index >= 15 is 0 Å². The molecule has 1 N–H and O–H groups in total. The molecule has 0 radical (unpaired) electrons. The Morgan fingerprint density at radius 1 is 1.62 bits per heavy atom. The Bertz CT molecular complexity index is 526. The minimum absolute atomic E-state index is 0.0710. The van der Waals surface area contributed by atoms with E-state index in [0.29, 0.717) is 18.9 Å². The van der Waals surface area contributed by atoms with Gasteiger partial charge in [-0.1, -0.05) is 11.6 Å². The molecule has 2 heterocycles. The lowest BCUT2D eigenvalue weighted by Crippen LogP contribution is -2.53. The van der Waals surface area contributed by atoms with Gasteiger partial charge in [-0.25, -0.2) is 4.98 Å². The van der Waals surface area contributed by atoms with Gasteiger partial charge in [0.1, 0.15) is 0 Å². The molecule has 116 valence electrons. The fourth-order valence-corrected chi connectivity index (χ4v) is 2.82. The molecule has 8 heteroatoms. The van der Waals surface area contributed by atoms with E-state index in [4.69, 9.17) is 11.6 Å². The van der Waals surface area contributed by atoms with Crippen molar-refractivity contribution in [3.05, 3.63) is 27.4 Å². The van der Waals surface area contributed by atoms with Crippen LogP contribution in [-0.4, -0.2) is 58.2 Å². The molecule has 0 amide bonds. The summed E-state index contributed by atoms with van der Waals surface area (Å²) in [5, 5.41) is 20.9. The normalized spacial score (nSPS) is 21.3. The number of pyridine rings is 1. The number of hydrogen-bond acceptors (Lipinski definition) is 6. The van der Waals surface area contributed by atoms with Crippen LogP contribution >= 0.6 is 11.6 Å². The zero-order valence-corrected chi connectivity index (χ0v) is 12.8. The topological polar surface area (TPSA) is 82.7 Å². The standard InChI is InChI=1S/C13H19ClN4O3/c1-9-7-16(8-10(2)19)3-4-17(9)13-12(18(20)21)5-11(14)6-15-13/h5-6,9-10,19H,3-4,7-8H2,1-2H3. The first-order valence-electron chi connectivity index (χ1n) is 6.85. The SMILES string of the molecule is CC(O)CN1CCN(c2ncc(Cl)cc2[N+](=O)[O-])C(C)C1. The van der Waals surface area contributed by atoms with E-state index in [-0.39, 0.29) is 22.9 Å². The number of aromatic nitrogens is 1. The van der Waals surface area contributed by atoms with Crippen molar-refractivity contribution >= 4 is 23.1 Å². The summed E-state index contributed by atoms with van der Waals surface area (Å²) in [5.41, 5.74) is -0.0710. The summed E-state index contributed by atoms with van der Waals surface area (Å²) in [7, 11) is 0. The third kappa shape index (κ3) is 3.81. The van der Waals surface area contributed by atoms with Gasteiger partial charge in [0.05, 0.1) is 16.0 Å². The molecule has 1 fully saturated rings. The van der Waals surface area contributed by atoms with Crippen LogP contribution in [0, 0.1) is 10.1 Å². The van der Waals surface area contributed by atoms with Crippen LogP contribution in [0.2, 0.25) is 5.02 Å². The first-order chi connectivity index (χ1) is 9.88. The first kappa shape index (κ1) is 15.9. The van der Waals surface area contributed by atoms with Gasteiger partial charge < -0.3 is 10.0 Å². The summed E-state index contributed by atoms with van der Waals surface area (Å²) >= 11 is 5.80. The molecule has 1 aromatic rings. The summed E-state index contributed by atoms with van der Waals surface area (Å²) in [6.45, 7) is 6.44. The van der Waals surface area contributed by atoms with Gasteiger partial charge in [0, 0.05) is 44.5 Å². The van der Waals surface area contributed by atoms with Crippen molar-refractivity contribution in [2.45, 2.75) is 26.0 Å². The first-order valence-corrected chi connectivity index (χ1v) is 7.23. The van der Waals surface area contributed by atoms with Crippen LogP contribution < -0.4 is 4.90 Å². The van der Waals surface area contributed by atoms with Crippen LogP contribution in [0.5, 0.6) is 0 Å². The van der Waals surface area contributed by atoms with Gasteiger partial charge in [0.2, 0.25) is 5.82 Å². The van der Waals surface area contributed by atoms with E-state index in [9.17, 15) is 15.2 Å². The van der Waals surface area contributed by atoms with E-state index in [2.05, 4.69) is 9.88 Å². The summed E-state index contributed by atoms with van der Waals surface area (Å²) in [5.74, 6) is 0.355. The third-order valence-electron chi connectivity index (χ3n) is 3.52. The Morgan fingerprint density at radius 3 is 2.90 bits per heavy atom. The van der Waals surface area contributed by atoms with E-state index in [1.807, 2.05) is 11.8 Å². The molecule has 0 saturated carbocycles. The highest BCUT2D eigenvalue weighted by Crippen LogP contribution is 2.30. The van der Waals surface area contributed by atoms with Crippen molar-refractivity contribution in [2.24, 2.45) is 0 Å². The van der Waals surface area contributed by atoms with Gasteiger partial charge in [-0.15, -0.1) is 0 Å².